The van der Waals surface area contributed by atoms with Crippen molar-refractivity contribution in [2.45, 2.75) is 18.6 Å². The number of carboxylic acids is 1. The monoisotopic (exact) mass is 548 g/mol. The molecule has 5 rings (SSSR count). The van der Waals surface area contributed by atoms with Crippen LogP contribution in [0.15, 0.2) is 65.7 Å². The lowest BCUT2D eigenvalue weighted by molar-refractivity contribution is -0.138. The first-order valence-corrected chi connectivity index (χ1v) is 12.0. The van der Waals surface area contributed by atoms with E-state index >= 15 is 0 Å². The summed E-state index contributed by atoms with van der Waals surface area (Å²) in [4.78, 5) is 21.1. The number of para-hydroxylation sites is 1. The van der Waals surface area contributed by atoms with Gasteiger partial charge in [-0.2, -0.15) is 13.2 Å². The van der Waals surface area contributed by atoms with E-state index < -0.39 is 47.6 Å². The van der Waals surface area contributed by atoms with Gasteiger partial charge in [-0.05, 0) is 36.4 Å². The van der Waals surface area contributed by atoms with Gasteiger partial charge in [0.15, 0.2) is 0 Å². The molecule has 1 saturated heterocycles. The van der Waals surface area contributed by atoms with Crippen molar-refractivity contribution in [2.24, 2.45) is 4.99 Å². The fourth-order valence-corrected chi connectivity index (χ4v) is 4.95. The predicted molar refractivity (Wildman–Crippen MR) is 133 cm³/mol. The third kappa shape index (κ3) is 5.23. The van der Waals surface area contributed by atoms with Crippen LogP contribution in [-0.2, 0) is 11.0 Å². The van der Waals surface area contributed by atoms with E-state index in [1.807, 2.05) is 0 Å². The smallest absolute Gasteiger partial charge is 0.416 e. The average Bonchev–Trinajstić information content (AvgIpc) is 2.88. The van der Waals surface area contributed by atoms with Crippen molar-refractivity contribution in [1.82, 2.24) is 4.90 Å². The molecule has 0 aromatic heterocycles. The minimum Gasteiger partial charge on any atom is -0.481 e. The number of alkyl halides is 3. The molecule has 204 valence electrons. The Hall–Kier alpha value is -4.22. The van der Waals surface area contributed by atoms with Crippen molar-refractivity contribution in [3.63, 3.8) is 0 Å². The van der Waals surface area contributed by atoms with Crippen LogP contribution in [0.4, 0.5) is 43.4 Å². The number of carboxylic acid groups (broad SMARTS) is 1. The molecule has 0 spiro atoms. The Bertz CT molecular complexity index is 1440. The summed E-state index contributed by atoms with van der Waals surface area (Å²) in [6, 6.07) is 10.7. The summed E-state index contributed by atoms with van der Waals surface area (Å²) >= 11 is 0. The van der Waals surface area contributed by atoms with Crippen LogP contribution in [0.3, 0.4) is 0 Å². The van der Waals surface area contributed by atoms with Gasteiger partial charge in [-0.15, -0.1) is 0 Å². The van der Waals surface area contributed by atoms with Gasteiger partial charge in [0.05, 0.1) is 23.7 Å². The summed E-state index contributed by atoms with van der Waals surface area (Å²) in [5.41, 5.74) is -0.567. The molecule has 2 aliphatic heterocycles. The van der Waals surface area contributed by atoms with Gasteiger partial charge in [0.2, 0.25) is 5.96 Å². The van der Waals surface area contributed by atoms with Crippen LogP contribution < -0.4 is 9.80 Å². The molecule has 2 heterocycles. The lowest BCUT2D eigenvalue weighted by Gasteiger charge is -2.45. The standard InChI is InChI=1S/C27H22F6N4O2/c28-17-7-8-22(21(30)14-17)35-9-11-36(12-10-35)26-34-25-19(5-2-6-20(25)29)23(15-24(38)39)37(26)18-4-1-3-16(13-18)27(31,32)33/h1-8,13-14,23H,9-12,15H2,(H,38,39). The lowest BCUT2D eigenvalue weighted by Crippen LogP contribution is -2.55. The van der Waals surface area contributed by atoms with Gasteiger partial charge in [0.1, 0.15) is 23.1 Å². The third-order valence-corrected chi connectivity index (χ3v) is 6.75. The normalized spacial score (nSPS) is 17.6. The zero-order valence-corrected chi connectivity index (χ0v) is 20.3. The molecule has 39 heavy (non-hydrogen) atoms. The summed E-state index contributed by atoms with van der Waals surface area (Å²) in [5.74, 6) is -3.30. The number of nitrogens with zero attached hydrogens (tertiary/aromatic N) is 4. The summed E-state index contributed by atoms with van der Waals surface area (Å²) in [7, 11) is 0. The van der Waals surface area contributed by atoms with Gasteiger partial charge in [-0.3, -0.25) is 4.79 Å². The van der Waals surface area contributed by atoms with Crippen LogP contribution in [0.2, 0.25) is 0 Å². The molecule has 0 saturated carbocycles. The summed E-state index contributed by atoms with van der Waals surface area (Å²) in [6.45, 7) is 0.890. The van der Waals surface area contributed by atoms with Gasteiger partial charge in [-0.1, -0.05) is 18.2 Å². The van der Waals surface area contributed by atoms with E-state index in [9.17, 15) is 36.2 Å². The molecule has 0 amide bonds. The second kappa shape index (κ2) is 10.2. The number of aliphatic imine (C=N–C) groups is 1. The maximum Gasteiger partial charge on any atom is 0.416 e. The van der Waals surface area contributed by atoms with Crippen LogP contribution in [0, 0.1) is 17.5 Å². The van der Waals surface area contributed by atoms with Crippen molar-refractivity contribution in [3.05, 3.63) is 89.2 Å². The lowest BCUT2D eigenvalue weighted by atomic mass is 9.97. The first-order chi connectivity index (χ1) is 18.5. The molecule has 0 bridgehead atoms. The number of halogens is 6. The number of rotatable bonds is 4. The van der Waals surface area contributed by atoms with Gasteiger partial charge < -0.3 is 19.8 Å². The number of anilines is 2. The topological polar surface area (TPSA) is 59.4 Å². The SMILES string of the molecule is O=C(O)CC1c2cccc(F)c2N=C(N2CCN(c3ccc(F)cc3F)CC2)N1c1cccc(C(F)(F)F)c1. The van der Waals surface area contributed by atoms with E-state index in [2.05, 4.69) is 4.99 Å². The molecule has 0 radical (unpaired) electrons. The molecule has 3 aromatic rings. The van der Waals surface area contributed by atoms with E-state index in [0.717, 1.165) is 24.3 Å². The Morgan fingerprint density at radius 2 is 1.59 bits per heavy atom. The molecule has 2 aliphatic rings. The molecule has 1 fully saturated rings. The van der Waals surface area contributed by atoms with Crippen molar-refractivity contribution < 1.29 is 36.2 Å². The van der Waals surface area contributed by atoms with Gasteiger partial charge in [-0.25, -0.2) is 18.2 Å². The highest BCUT2D eigenvalue weighted by Gasteiger charge is 2.39. The first kappa shape index (κ1) is 26.4. The molecule has 1 unspecified atom stereocenters. The number of aliphatic carboxylic acids is 1. The Balaban J connectivity index is 1.56. The zero-order valence-electron chi connectivity index (χ0n) is 20.3. The molecule has 3 aromatic carbocycles. The predicted octanol–water partition coefficient (Wildman–Crippen LogP) is 5.97. The van der Waals surface area contributed by atoms with Crippen LogP contribution >= 0.6 is 0 Å². The number of hydrogen-bond acceptors (Lipinski definition) is 5. The second-order valence-corrected chi connectivity index (χ2v) is 9.19. The number of benzene rings is 3. The van der Waals surface area contributed by atoms with Gasteiger partial charge in [0.25, 0.3) is 0 Å². The number of carbonyl (C=O) groups is 1. The Labute approximate surface area is 219 Å². The van der Waals surface area contributed by atoms with Crippen LogP contribution in [0.5, 0.6) is 0 Å². The van der Waals surface area contributed by atoms with Crippen LogP contribution in [0.25, 0.3) is 0 Å². The Kier molecular flexibility index (Phi) is 6.87. The van der Waals surface area contributed by atoms with Crippen molar-refractivity contribution in [3.8, 4) is 0 Å². The zero-order chi connectivity index (χ0) is 27.9. The van der Waals surface area contributed by atoms with Crippen molar-refractivity contribution in [1.29, 1.82) is 0 Å². The molecule has 12 heteroatoms. The second-order valence-electron chi connectivity index (χ2n) is 9.19. The average molecular weight is 548 g/mol. The fraction of sp³-hybridized carbons (Fsp3) is 0.259. The largest absolute Gasteiger partial charge is 0.481 e. The number of piperazine rings is 1. The van der Waals surface area contributed by atoms with Crippen LogP contribution in [-0.4, -0.2) is 48.1 Å². The molecule has 1 N–H and O–H groups in total. The highest BCUT2D eigenvalue weighted by Crippen LogP contribution is 2.43. The molecular weight excluding hydrogens is 526 g/mol. The molecule has 0 aliphatic carbocycles. The molecule has 6 nitrogen and oxygen atoms in total. The minimum atomic E-state index is -4.65. The highest BCUT2D eigenvalue weighted by molar-refractivity contribution is 6.01. The molecular formula is C27H22F6N4O2. The maximum absolute atomic E-state index is 14.9. The van der Waals surface area contributed by atoms with Gasteiger partial charge >= 0.3 is 12.1 Å². The molecule has 1 atom stereocenters. The number of fused-ring (bicyclic) bond motifs is 1. The first-order valence-electron chi connectivity index (χ1n) is 12.0. The van der Waals surface area contributed by atoms with Crippen molar-refractivity contribution in [2.75, 3.05) is 36.0 Å². The minimum absolute atomic E-state index is 0.0387. The third-order valence-electron chi connectivity index (χ3n) is 6.75. The summed E-state index contributed by atoms with van der Waals surface area (Å²) in [5, 5.41) is 9.69. The summed E-state index contributed by atoms with van der Waals surface area (Å²) < 4.78 is 83.4. The quantitative estimate of drug-likeness (QED) is 0.408. The van der Waals surface area contributed by atoms with E-state index in [-0.39, 0.29) is 54.8 Å². The van der Waals surface area contributed by atoms with Crippen LogP contribution in [0.1, 0.15) is 23.6 Å². The van der Waals surface area contributed by atoms with E-state index in [1.165, 1.54) is 41.3 Å². The van der Waals surface area contributed by atoms with Crippen molar-refractivity contribution >= 4 is 29.0 Å². The van der Waals surface area contributed by atoms with Gasteiger partial charge in [0, 0.05) is 43.5 Å². The Morgan fingerprint density at radius 1 is 0.897 bits per heavy atom. The maximum atomic E-state index is 14.9. The Morgan fingerprint density at radius 3 is 2.26 bits per heavy atom. The van der Waals surface area contributed by atoms with E-state index in [4.69, 9.17) is 0 Å². The number of hydrogen-bond donors (Lipinski definition) is 1. The fourth-order valence-electron chi connectivity index (χ4n) is 4.95. The van der Waals surface area contributed by atoms with E-state index in [0.29, 0.717) is 0 Å². The number of guanidine groups is 1. The highest BCUT2D eigenvalue weighted by atomic mass is 19.4. The van der Waals surface area contributed by atoms with E-state index in [1.54, 1.807) is 9.80 Å². The summed E-state index contributed by atoms with van der Waals surface area (Å²) in [6.07, 6.45) is -5.19.